The fraction of sp³-hybridized carbons (Fsp3) is 0.263. The second kappa shape index (κ2) is 7.72. The Morgan fingerprint density at radius 1 is 1.12 bits per heavy atom. The van der Waals surface area contributed by atoms with Gasteiger partial charge in [0.05, 0.1) is 10.2 Å². The van der Waals surface area contributed by atoms with Crippen LogP contribution in [0.2, 0.25) is 0 Å². The average Bonchev–Trinajstić information content (AvgIpc) is 3.01. The second-order valence-electron chi connectivity index (χ2n) is 6.09. The van der Waals surface area contributed by atoms with Crippen molar-refractivity contribution in [3.05, 3.63) is 59.9 Å². The van der Waals surface area contributed by atoms with Crippen molar-refractivity contribution >= 4 is 32.6 Å². The minimum atomic E-state index is -0.295. The van der Waals surface area contributed by atoms with Gasteiger partial charge in [-0.15, -0.1) is 0 Å². The van der Waals surface area contributed by atoms with Crippen LogP contribution in [0.3, 0.4) is 0 Å². The van der Waals surface area contributed by atoms with Gasteiger partial charge in [-0.25, -0.2) is 9.37 Å². The lowest BCUT2D eigenvalue weighted by Crippen LogP contribution is -2.33. The van der Waals surface area contributed by atoms with E-state index < -0.39 is 0 Å². The van der Waals surface area contributed by atoms with Crippen LogP contribution in [-0.4, -0.2) is 43.0 Å². The molecule has 0 bridgehead atoms. The lowest BCUT2D eigenvalue weighted by atomic mass is 10.2. The second-order valence-corrected chi connectivity index (χ2v) is 7.10. The summed E-state index contributed by atoms with van der Waals surface area (Å²) in [6, 6.07) is 13.7. The van der Waals surface area contributed by atoms with Crippen molar-refractivity contribution in [2.45, 2.75) is 6.42 Å². The minimum absolute atomic E-state index is 0.0844. The molecule has 0 saturated carbocycles. The Bertz CT molecular complexity index is 863. The van der Waals surface area contributed by atoms with Gasteiger partial charge in [0.15, 0.2) is 5.13 Å². The van der Waals surface area contributed by atoms with E-state index in [0.29, 0.717) is 22.8 Å². The summed E-state index contributed by atoms with van der Waals surface area (Å²) in [6.45, 7) is 1.44. The van der Waals surface area contributed by atoms with Gasteiger partial charge >= 0.3 is 0 Å². The Labute approximate surface area is 150 Å². The maximum Gasteiger partial charge on any atom is 0.260 e. The summed E-state index contributed by atoms with van der Waals surface area (Å²) in [6.07, 6.45) is 0.829. The Morgan fingerprint density at radius 2 is 1.88 bits per heavy atom. The van der Waals surface area contributed by atoms with Crippen molar-refractivity contribution < 1.29 is 9.18 Å². The van der Waals surface area contributed by atoms with Crippen molar-refractivity contribution in [3.8, 4) is 0 Å². The minimum Gasteiger partial charge on any atom is -0.309 e. The predicted molar refractivity (Wildman–Crippen MR) is 101 cm³/mol. The zero-order chi connectivity index (χ0) is 17.8. The van der Waals surface area contributed by atoms with Gasteiger partial charge in [0.25, 0.3) is 5.91 Å². The molecule has 1 amide bonds. The molecule has 130 valence electrons. The molecule has 0 aliphatic rings. The summed E-state index contributed by atoms with van der Waals surface area (Å²) < 4.78 is 14.2. The molecule has 0 aliphatic heterocycles. The number of amides is 1. The van der Waals surface area contributed by atoms with Crippen LogP contribution in [0.15, 0.2) is 48.5 Å². The Hall–Kier alpha value is -2.31. The molecule has 25 heavy (non-hydrogen) atoms. The molecule has 1 aromatic heterocycles. The molecule has 4 nitrogen and oxygen atoms in total. The summed E-state index contributed by atoms with van der Waals surface area (Å²) >= 11 is 1.34. The van der Waals surface area contributed by atoms with Crippen molar-refractivity contribution in [2.75, 3.05) is 32.1 Å². The van der Waals surface area contributed by atoms with E-state index in [1.54, 1.807) is 23.1 Å². The SMILES string of the molecule is CN(C)CCCN(C(=O)c1ccccc1)c1nc2ccc(F)cc2s1. The van der Waals surface area contributed by atoms with Gasteiger partial charge in [-0.2, -0.15) is 0 Å². The van der Waals surface area contributed by atoms with Crippen molar-refractivity contribution in [2.24, 2.45) is 0 Å². The van der Waals surface area contributed by atoms with Crippen molar-refractivity contribution in [1.29, 1.82) is 0 Å². The van der Waals surface area contributed by atoms with E-state index in [9.17, 15) is 9.18 Å². The van der Waals surface area contributed by atoms with Crippen LogP contribution in [0.4, 0.5) is 9.52 Å². The number of aromatic nitrogens is 1. The third-order valence-electron chi connectivity index (χ3n) is 3.82. The number of anilines is 1. The number of hydrogen-bond donors (Lipinski definition) is 0. The van der Waals surface area contributed by atoms with E-state index in [0.717, 1.165) is 17.7 Å². The van der Waals surface area contributed by atoms with Crippen LogP contribution in [-0.2, 0) is 0 Å². The van der Waals surface area contributed by atoms with E-state index in [4.69, 9.17) is 0 Å². The number of halogens is 1. The first-order valence-corrected chi connectivity index (χ1v) is 8.94. The number of rotatable bonds is 6. The highest BCUT2D eigenvalue weighted by molar-refractivity contribution is 7.22. The molecule has 3 aromatic rings. The van der Waals surface area contributed by atoms with Crippen LogP contribution in [0.25, 0.3) is 10.2 Å². The van der Waals surface area contributed by atoms with Gasteiger partial charge in [0, 0.05) is 12.1 Å². The molecule has 0 spiro atoms. The van der Waals surface area contributed by atoms with Crippen LogP contribution in [0, 0.1) is 5.82 Å². The number of nitrogens with zero attached hydrogens (tertiary/aromatic N) is 3. The molecule has 3 rings (SSSR count). The Kier molecular flexibility index (Phi) is 5.40. The van der Waals surface area contributed by atoms with E-state index in [-0.39, 0.29) is 11.7 Å². The van der Waals surface area contributed by atoms with Crippen LogP contribution >= 0.6 is 11.3 Å². The van der Waals surface area contributed by atoms with Crippen molar-refractivity contribution in [3.63, 3.8) is 0 Å². The molecule has 6 heteroatoms. The zero-order valence-electron chi connectivity index (χ0n) is 14.3. The first kappa shape index (κ1) is 17.5. The summed E-state index contributed by atoms with van der Waals surface area (Å²) in [4.78, 5) is 21.3. The third kappa shape index (κ3) is 4.21. The fourth-order valence-corrected chi connectivity index (χ4v) is 3.58. The van der Waals surface area contributed by atoms with E-state index >= 15 is 0 Å². The lowest BCUT2D eigenvalue weighted by Gasteiger charge is -2.21. The molecule has 2 aromatic carbocycles. The van der Waals surface area contributed by atoms with Gasteiger partial charge in [-0.05, 0) is 57.4 Å². The number of thiazole rings is 1. The Balaban J connectivity index is 1.92. The standard InChI is InChI=1S/C19H20FN3OS/c1-22(2)11-6-12-23(18(24)14-7-4-3-5-8-14)19-21-16-10-9-15(20)13-17(16)25-19/h3-5,7-10,13H,6,11-12H2,1-2H3. The molecular weight excluding hydrogens is 337 g/mol. The average molecular weight is 357 g/mol. The lowest BCUT2D eigenvalue weighted by molar-refractivity contribution is 0.0986. The number of hydrogen-bond acceptors (Lipinski definition) is 4. The normalized spacial score (nSPS) is 11.2. The van der Waals surface area contributed by atoms with Crippen molar-refractivity contribution in [1.82, 2.24) is 9.88 Å². The molecule has 0 N–H and O–H groups in total. The zero-order valence-corrected chi connectivity index (χ0v) is 15.1. The number of carbonyl (C=O) groups is 1. The topological polar surface area (TPSA) is 36.4 Å². The smallest absolute Gasteiger partial charge is 0.260 e. The molecule has 0 aliphatic carbocycles. The molecular formula is C19H20FN3OS. The number of carbonyl (C=O) groups excluding carboxylic acids is 1. The molecule has 0 atom stereocenters. The number of fused-ring (bicyclic) bond motifs is 1. The van der Waals surface area contributed by atoms with Crippen LogP contribution in [0.5, 0.6) is 0 Å². The molecule has 0 saturated heterocycles. The third-order valence-corrected chi connectivity index (χ3v) is 4.86. The van der Waals surface area contributed by atoms with E-state index in [2.05, 4.69) is 9.88 Å². The van der Waals surface area contributed by atoms with Gasteiger partial charge in [-0.3, -0.25) is 9.69 Å². The predicted octanol–water partition coefficient (Wildman–Crippen LogP) is 4.03. The first-order valence-electron chi connectivity index (χ1n) is 8.12. The van der Waals surface area contributed by atoms with Gasteiger partial charge < -0.3 is 4.90 Å². The van der Waals surface area contributed by atoms with Crippen LogP contribution in [0.1, 0.15) is 16.8 Å². The molecule has 0 fully saturated rings. The Morgan fingerprint density at radius 3 is 2.60 bits per heavy atom. The quantitative estimate of drug-likeness (QED) is 0.668. The molecule has 0 unspecified atom stereocenters. The maximum absolute atomic E-state index is 13.5. The maximum atomic E-state index is 13.5. The summed E-state index contributed by atoms with van der Waals surface area (Å²) in [7, 11) is 4.01. The van der Waals surface area contributed by atoms with Gasteiger partial charge in [-0.1, -0.05) is 29.5 Å². The highest BCUT2D eigenvalue weighted by Gasteiger charge is 2.21. The first-order chi connectivity index (χ1) is 12.0. The highest BCUT2D eigenvalue weighted by Crippen LogP contribution is 2.30. The highest BCUT2D eigenvalue weighted by atomic mass is 32.1. The van der Waals surface area contributed by atoms with E-state index in [1.165, 1.54) is 23.5 Å². The largest absolute Gasteiger partial charge is 0.309 e. The van der Waals surface area contributed by atoms with Gasteiger partial charge in [0.1, 0.15) is 5.82 Å². The van der Waals surface area contributed by atoms with Gasteiger partial charge in [0.2, 0.25) is 0 Å². The molecule has 1 heterocycles. The monoisotopic (exact) mass is 357 g/mol. The summed E-state index contributed by atoms with van der Waals surface area (Å²) in [5.74, 6) is -0.380. The number of benzene rings is 2. The van der Waals surface area contributed by atoms with E-state index in [1.807, 2.05) is 32.3 Å². The molecule has 0 radical (unpaired) electrons. The fourth-order valence-electron chi connectivity index (χ4n) is 2.57. The van der Waals surface area contributed by atoms with Crippen LogP contribution < -0.4 is 4.90 Å². The summed E-state index contributed by atoms with van der Waals surface area (Å²) in [5, 5.41) is 0.605. The summed E-state index contributed by atoms with van der Waals surface area (Å²) in [5.41, 5.74) is 1.33.